The Morgan fingerprint density at radius 1 is 1.30 bits per heavy atom. The monoisotopic (exact) mass is 288 g/mol. The molecule has 0 amide bonds. The van der Waals surface area contributed by atoms with Crippen molar-refractivity contribution in [2.75, 3.05) is 17.2 Å². The highest BCUT2D eigenvalue weighted by atomic mass is 19.4. The van der Waals surface area contributed by atoms with Crippen LogP contribution in [0.3, 0.4) is 0 Å². The predicted molar refractivity (Wildman–Crippen MR) is 71.6 cm³/mol. The van der Waals surface area contributed by atoms with E-state index in [4.69, 9.17) is 0 Å². The Hall–Kier alpha value is -1.53. The number of nitrogens with zero attached hydrogens (tertiary/aromatic N) is 2. The summed E-state index contributed by atoms with van der Waals surface area (Å²) in [5.41, 5.74) is 0. The topological polar surface area (TPSA) is 49.8 Å². The van der Waals surface area contributed by atoms with Gasteiger partial charge in [-0.1, -0.05) is 6.42 Å². The van der Waals surface area contributed by atoms with Crippen LogP contribution < -0.4 is 10.6 Å². The Bertz CT molecular complexity index is 457. The molecule has 1 fully saturated rings. The summed E-state index contributed by atoms with van der Waals surface area (Å²) in [5, 5.41) is 5.86. The van der Waals surface area contributed by atoms with Gasteiger partial charge in [-0.15, -0.1) is 0 Å². The summed E-state index contributed by atoms with van der Waals surface area (Å²) in [6.45, 7) is 4.29. The summed E-state index contributed by atoms with van der Waals surface area (Å²) < 4.78 is 38.3. The molecule has 1 atom stereocenters. The Morgan fingerprint density at radius 3 is 2.45 bits per heavy atom. The van der Waals surface area contributed by atoms with Crippen LogP contribution in [0, 0.1) is 5.92 Å². The summed E-state index contributed by atoms with van der Waals surface area (Å²) in [5.74, 6) is -0.179. The maximum absolute atomic E-state index is 12.8. The van der Waals surface area contributed by atoms with Gasteiger partial charge in [-0.05, 0) is 32.6 Å². The molecular weight excluding hydrogens is 269 g/mol. The van der Waals surface area contributed by atoms with Crippen molar-refractivity contribution in [2.45, 2.75) is 45.3 Å². The van der Waals surface area contributed by atoms with Gasteiger partial charge < -0.3 is 10.6 Å². The molecular formula is C13H19F3N4. The zero-order valence-corrected chi connectivity index (χ0v) is 11.6. The van der Waals surface area contributed by atoms with Crippen molar-refractivity contribution in [1.82, 2.24) is 9.97 Å². The van der Waals surface area contributed by atoms with E-state index in [1.165, 1.54) is 12.5 Å². The Morgan fingerprint density at radius 2 is 1.95 bits per heavy atom. The minimum atomic E-state index is -4.54. The molecule has 0 saturated heterocycles. The fourth-order valence-electron chi connectivity index (χ4n) is 2.21. The number of aromatic nitrogens is 2. The van der Waals surface area contributed by atoms with Crippen molar-refractivity contribution in [1.29, 1.82) is 0 Å². The highest BCUT2D eigenvalue weighted by Crippen LogP contribution is 2.32. The molecule has 1 unspecified atom stereocenters. The molecule has 0 bridgehead atoms. The molecule has 0 aromatic carbocycles. The number of anilines is 2. The summed E-state index contributed by atoms with van der Waals surface area (Å²) in [4.78, 5) is 7.07. The average Bonchev–Trinajstić information content (AvgIpc) is 2.25. The molecule has 0 aliphatic heterocycles. The van der Waals surface area contributed by atoms with Crippen molar-refractivity contribution in [3.8, 4) is 0 Å². The standard InChI is InChI=1S/C13H19F3N4/c1-3-17-10-7-11(18-8(2)9-5-4-6-9)20-12(19-10)13(14,15)16/h7-9H,3-6H2,1-2H3,(H2,17,18,19,20). The minimum Gasteiger partial charge on any atom is -0.370 e. The van der Waals surface area contributed by atoms with Crippen LogP contribution in [0.25, 0.3) is 0 Å². The van der Waals surface area contributed by atoms with Crippen molar-refractivity contribution in [3.63, 3.8) is 0 Å². The molecule has 7 heteroatoms. The summed E-state index contributed by atoms with van der Waals surface area (Å²) >= 11 is 0. The Labute approximate surface area is 116 Å². The maximum atomic E-state index is 12.8. The van der Waals surface area contributed by atoms with Crippen molar-refractivity contribution >= 4 is 11.6 Å². The molecule has 1 aromatic heterocycles. The Balaban J connectivity index is 2.19. The van der Waals surface area contributed by atoms with E-state index in [2.05, 4.69) is 20.6 Å². The van der Waals surface area contributed by atoms with E-state index < -0.39 is 12.0 Å². The largest absolute Gasteiger partial charge is 0.451 e. The number of hydrogen-bond acceptors (Lipinski definition) is 4. The SMILES string of the molecule is CCNc1cc(NC(C)C2CCC2)nc(C(F)(F)F)n1. The molecule has 2 rings (SSSR count). The molecule has 1 heterocycles. The first-order valence-corrected chi connectivity index (χ1v) is 6.87. The lowest BCUT2D eigenvalue weighted by molar-refractivity contribution is -0.144. The van der Waals surface area contributed by atoms with Crippen LogP contribution in [-0.4, -0.2) is 22.6 Å². The van der Waals surface area contributed by atoms with E-state index in [0.29, 0.717) is 12.5 Å². The van der Waals surface area contributed by atoms with Crippen molar-refractivity contribution in [3.05, 3.63) is 11.9 Å². The van der Waals surface area contributed by atoms with Gasteiger partial charge in [0.25, 0.3) is 0 Å². The third-order valence-electron chi connectivity index (χ3n) is 3.57. The first kappa shape index (κ1) is 14.9. The molecule has 2 N–H and O–H groups in total. The molecule has 1 aromatic rings. The normalized spacial score (nSPS) is 17.4. The van der Waals surface area contributed by atoms with Crippen LogP contribution >= 0.6 is 0 Å². The second-order valence-corrected chi connectivity index (χ2v) is 5.11. The highest BCUT2D eigenvalue weighted by molar-refractivity contribution is 5.48. The van der Waals surface area contributed by atoms with E-state index in [0.717, 1.165) is 12.8 Å². The zero-order chi connectivity index (χ0) is 14.8. The summed E-state index contributed by atoms with van der Waals surface area (Å²) in [6, 6.07) is 1.64. The predicted octanol–water partition coefficient (Wildman–Crippen LogP) is 3.53. The second-order valence-electron chi connectivity index (χ2n) is 5.11. The van der Waals surface area contributed by atoms with Gasteiger partial charge >= 0.3 is 6.18 Å². The number of alkyl halides is 3. The Kier molecular flexibility index (Phi) is 4.35. The second kappa shape index (κ2) is 5.85. The molecule has 0 spiro atoms. The van der Waals surface area contributed by atoms with Gasteiger partial charge in [0.05, 0.1) is 0 Å². The van der Waals surface area contributed by atoms with E-state index in [1.54, 1.807) is 6.92 Å². The van der Waals surface area contributed by atoms with Crippen LogP contribution in [0.2, 0.25) is 0 Å². The molecule has 4 nitrogen and oxygen atoms in total. The lowest BCUT2D eigenvalue weighted by atomic mass is 9.80. The van der Waals surface area contributed by atoms with Gasteiger partial charge in [0, 0.05) is 18.7 Å². The maximum Gasteiger partial charge on any atom is 0.451 e. The van der Waals surface area contributed by atoms with Crippen molar-refractivity contribution in [2.24, 2.45) is 5.92 Å². The van der Waals surface area contributed by atoms with Crippen LogP contribution in [-0.2, 0) is 6.18 Å². The quantitative estimate of drug-likeness (QED) is 0.870. The van der Waals surface area contributed by atoms with Crippen LogP contribution in [0.5, 0.6) is 0 Å². The van der Waals surface area contributed by atoms with E-state index in [1.807, 2.05) is 6.92 Å². The average molecular weight is 288 g/mol. The van der Waals surface area contributed by atoms with Gasteiger partial charge in [0.2, 0.25) is 5.82 Å². The highest BCUT2D eigenvalue weighted by Gasteiger charge is 2.35. The summed E-state index contributed by atoms with van der Waals surface area (Å²) in [7, 11) is 0. The molecule has 0 radical (unpaired) electrons. The molecule has 112 valence electrons. The first-order valence-electron chi connectivity index (χ1n) is 6.87. The zero-order valence-electron chi connectivity index (χ0n) is 11.6. The fourth-order valence-corrected chi connectivity index (χ4v) is 2.21. The van der Waals surface area contributed by atoms with Gasteiger partial charge in [-0.3, -0.25) is 0 Å². The third kappa shape index (κ3) is 3.52. The number of hydrogen-bond donors (Lipinski definition) is 2. The lowest BCUT2D eigenvalue weighted by Crippen LogP contribution is -2.31. The van der Waals surface area contributed by atoms with E-state index in [-0.39, 0.29) is 17.7 Å². The molecule has 1 saturated carbocycles. The van der Waals surface area contributed by atoms with Gasteiger partial charge in [0.15, 0.2) is 0 Å². The van der Waals surface area contributed by atoms with E-state index >= 15 is 0 Å². The fraction of sp³-hybridized carbons (Fsp3) is 0.692. The number of rotatable bonds is 5. The summed E-state index contributed by atoms with van der Waals surface area (Å²) in [6.07, 6.45) is -1.12. The number of nitrogens with one attached hydrogen (secondary N) is 2. The lowest BCUT2D eigenvalue weighted by Gasteiger charge is -2.32. The smallest absolute Gasteiger partial charge is 0.370 e. The van der Waals surface area contributed by atoms with Crippen LogP contribution in [0.15, 0.2) is 6.07 Å². The molecule has 1 aliphatic rings. The van der Waals surface area contributed by atoms with Crippen LogP contribution in [0.4, 0.5) is 24.8 Å². The first-order chi connectivity index (χ1) is 9.40. The molecule has 20 heavy (non-hydrogen) atoms. The number of halogens is 3. The minimum absolute atomic E-state index is 0.120. The van der Waals surface area contributed by atoms with Gasteiger partial charge in [-0.2, -0.15) is 13.2 Å². The van der Waals surface area contributed by atoms with Crippen molar-refractivity contribution < 1.29 is 13.2 Å². The third-order valence-corrected chi connectivity index (χ3v) is 3.57. The van der Waals surface area contributed by atoms with Gasteiger partial charge in [-0.25, -0.2) is 9.97 Å². The van der Waals surface area contributed by atoms with Crippen LogP contribution in [0.1, 0.15) is 38.9 Å². The van der Waals surface area contributed by atoms with E-state index in [9.17, 15) is 13.2 Å². The molecule has 1 aliphatic carbocycles. The van der Waals surface area contributed by atoms with Gasteiger partial charge in [0.1, 0.15) is 11.6 Å².